The van der Waals surface area contributed by atoms with Crippen molar-refractivity contribution in [2.75, 3.05) is 5.73 Å². The topological polar surface area (TPSA) is 77.6 Å². The molecule has 0 aliphatic rings. The number of nitrogens with two attached hydrogens (primary N) is 1. The molecule has 0 aliphatic heterocycles. The minimum Gasteiger partial charge on any atom is -0.374 e. The van der Waals surface area contributed by atoms with E-state index in [0.717, 1.165) is 5.69 Å². The predicted octanol–water partition coefficient (Wildman–Crippen LogP) is 0.886. The summed E-state index contributed by atoms with van der Waals surface area (Å²) in [6.45, 7) is 1.88. The first-order valence-electron chi connectivity index (χ1n) is 3.64. The Morgan fingerprint density at radius 1 is 1.23 bits per heavy atom. The van der Waals surface area contributed by atoms with E-state index in [1.165, 1.54) is 11.3 Å². The molecule has 6 heteroatoms. The van der Waals surface area contributed by atoms with Crippen molar-refractivity contribution in [3.8, 4) is 10.7 Å². The second-order valence-electron chi connectivity index (χ2n) is 2.49. The van der Waals surface area contributed by atoms with Crippen LogP contribution in [0.15, 0.2) is 12.4 Å². The first-order valence-corrected chi connectivity index (χ1v) is 4.45. The maximum absolute atomic E-state index is 5.44. The first kappa shape index (κ1) is 8.06. The molecular weight excluding hydrogens is 186 g/mol. The van der Waals surface area contributed by atoms with Crippen molar-refractivity contribution in [2.45, 2.75) is 6.92 Å². The second-order valence-corrected chi connectivity index (χ2v) is 3.50. The van der Waals surface area contributed by atoms with Crippen LogP contribution in [-0.4, -0.2) is 20.2 Å². The van der Waals surface area contributed by atoms with E-state index in [0.29, 0.717) is 15.8 Å². The molecule has 0 fully saturated rings. The average Bonchev–Trinajstić information content (AvgIpc) is 2.53. The molecule has 13 heavy (non-hydrogen) atoms. The molecule has 0 aliphatic carbocycles. The molecule has 2 N–H and O–H groups in total. The van der Waals surface area contributed by atoms with Crippen LogP contribution < -0.4 is 5.73 Å². The van der Waals surface area contributed by atoms with E-state index < -0.39 is 0 Å². The van der Waals surface area contributed by atoms with Gasteiger partial charge in [-0.25, -0.2) is 0 Å². The van der Waals surface area contributed by atoms with Gasteiger partial charge < -0.3 is 5.73 Å². The van der Waals surface area contributed by atoms with Crippen molar-refractivity contribution in [3.05, 3.63) is 18.1 Å². The van der Waals surface area contributed by atoms with Gasteiger partial charge in [-0.05, 0) is 6.92 Å². The number of hydrogen-bond donors (Lipinski definition) is 1. The predicted molar refractivity (Wildman–Crippen MR) is 50.1 cm³/mol. The highest BCUT2D eigenvalue weighted by atomic mass is 32.1. The first-order chi connectivity index (χ1) is 6.25. The Kier molecular flexibility index (Phi) is 1.90. The number of nitrogens with zero attached hydrogens (tertiary/aromatic N) is 4. The van der Waals surface area contributed by atoms with Crippen molar-refractivity contribution in [1.29, 1.82) is 0 Å². The fourth-order valence-corrected chi connectivity index (χ4v) is 1.41. The number of hydrogen-bond acceptors (Lipinski definition) is 6. The standard InChI is InChI=1S/C7H7N5S/c1-4-2-10-5(3-9-4)6-11-12-7(8)13-6/h2-3H,1H3,(H2,8,12). The molecule has 2 aromatic heterocycles. The molecule has 66 valence electrons. The third-order valence-corrected chi connectivity index (χ3v) is 2.22. The van der Waals surface area contributed by atoms with Gasteiger partial charge in [-0.15, -0.1) is 10.2 Å². The van der Waals surface area contributed by atoms with E-state index in [-0.39, 0.29) is 0 Å². The van der Waals surface area contributed by atoms with E-state index in [9.17, 15) is 0 Å². The lowest BCUT2D eigenvalue weighted by Crippen LogP contribution is -1.87. The lowest BCUT2D eigenvalue weighted by atomic mass is 10.4. The van der Waals surface area contributed by atoms with Gasteiger partial charge >= 0.3 is 0 Å². The van der Waals surface area contributed by atoms with Crippen LogP contribution in [0.5, 0.6) is 0 Å². The number of aromatic nitrogens is 4. The fraction of sp³-hybridized carbons (Fsp3) is 0.143. The molecule has 2 rings (SSSR count). The highest BCUT2D eigenvalue weighted by Gasteiger charge is 2.05. The van der Waals surface area contributed by atoms with Gasteiger partial charge in [-0.2, -0.15) is 0 Å². The zero-order valence-corrected chi connectivity index (χ0v) is 7.75. The summed E-state index contributed by atoms with van der Waals surface area (Å²) in [7, 11) is 0. The molecule has 0 saturated heterocycles. The Balaban J connectivity index is 2.41. The van der Waals surface area contributed by atoms with E-state index in [1.807, 2.05) is 6.92 Å². The molecule has 5 nitrogen and oxygen atoms in total. The largest absolute Gasteiger partial charge is 0.374 e. The van der Waals surface area contributed by atoms with Gasteiger partial charge in [-0.3, -0.25) is 9.97 Å². The summed E-state index contributed by atoms with van der Waals surface area (Å²) in [6, 6.07) is 0. The zero-order chi connectivity index (χ0) is 9.26. The van der Waals surface area contributed by atoms with Crippen LogP contribution in [-0.2, 0) is 0 Å². The fourth-order valence-electron chi connectivity index (χ4n) is 0.841. The smallest absolute Gasteiger partial charge is 0.203 e. The molecule has 0 radical (unpaired) electrons. The minimum absolute atomic E-state index is 0.442. The second kappa shape index (κ2) is 3.06. The van der Waals surface area contributed by atoms with Gasteiger partial charge in [-0.1, -0.05) is 11.3 Å². The number of nitrogen functional groups attached to an aromatic ring is 1. The van der Waals surface area contributed by atoms with E-state index in [4.69, 9.17) is 5.73 Å². The summed E-state index contributed by atoms with van der Waals surface area (Å²) in [4.78, 5) is 8.25. The quantitative estimate of drug-likeness (QED) is 0.727. The van der Waals surface area contributed by atoms with Crippen LogP contribution in [0.25, 0.3) is 10.7 Å². The van der Waals surface area contributed by atoms with Crippen molar-refractivity contribution >= 4 is 16.5 Å². The Bertz CT molecular complexity index is 407. The molecule has 0 aromatic carbocycles. The van der Waals surface area contributed by atoms with Crippen LogP contribution in [0.2, 0.25) is 0 Å². The van der Waals surface area contributed by atoms with Crippen LogP contribution >= 0.6 is 11.3 Å². The monoisotopic (exact) mass is 193 g/mol. The molecule has 0 spiro atoms. The summed E-state index contributed by atoms with van der Waals surface area (Å²) in [5.74, 6) is 0. The molecule has 0 atom stereocenters. The Hall–Kier alpha value is -1.56. The third kappa shape index (κ3) is 1.62. The molecule has 0 saturated carbocycles. The summed E-state index contributed by atoms with van der Waals surface area (Å²) < 4.78 is 0. The summed E-state index contributed by atoms with van der Waals surface area (Å²) in [6.07, 6.45) is 3.35. The van der Waals surface area contributed by atoms with Crippen LogP contribution in [0.1, 0.15) is 5.69 Å². The molecular formula is C7H7N5S. The Morgan fingerprint density at radius 2 is 2.08 bits per heavy atom. The highest BCUT2D eigenvalue weighted by molar-refractivity contribution is 7.18. The average molecular weight is 193 g/mol. The van der Waals surface area contributed by atoms with E-state index in [2.05, 4.69) is 20.2 Å². The van der Waals surface area contributed by atoms with Crippen molar-refractivity contribution in [3.63, 3.8) is 0 Å². The lowest BCUT2D eigenvalue weighted by Gasteiger charge is -1.93. The summed E-state index contributed by atoms with van der Waals surface area (Å²) in [5.41, 5.74) is 7.03. The Morgan fingerprint density at radius 3 is 2.62 bits per heavy atom. The van der Waals surface area contributed by atoms with Gasteiger partial charge in [0, 0.05) is 6.20 Å². The third-order valence-electron chi connectivity index (χ3n) is 1.44. The van der Waals surface area contributed by atoms with Crippen molar-refractivity contribution in [1.82, 2.24) is 20.2 Å². The SMILES string of the molecule is Cc1cnc(-c2nnc(N)s2)cn1. The molecule has 2 heterocycles. The summed E-state index contributed by atoms with van der Waals surface area (Å²) >= 11 is 1.30. The molecule has 0 amide bonds. The summed E-state index contributed by atoms with van der Waals surface area (Å²) in [5, 5.41) is 8.69. The molecule has 2 aromatic rings. The van der Waals surface area contributed by atoms with Crippen LogP contribution in [0.4, 0.5) is 5.13 Å². The van der Waals surface area contributed by atoms with Crippen molar-refractivity contribution in [2.24, 2.45) is 0 Å². The number of anilines is 1. The van der Waals surface area contributed by atoms with Crippen LogP contribution in [0, 0.1) is 6.92 Å². The normalized spacial score (nSPS) is 10.2. The van der Waals surface area contributed by atoms with Crippen molar-refractivity contribution < 1.29 is 0 Å². The van der Waals surface area contributed by atoms with Crippen LogP contribution in [0.3, 0.4) is 0 Å². The number of aryl methyl sites for hydroxylation is 1. The van der Waals surface area contributed by atoms with Gasteiger partial charge in [0.2, 0.25) is 5.13 Å². The Labute approximate surface area is 78.7 Å². The van der Waals surface area contributed by atoms with Gasteiger partial charge in [0.05, 0.1) is 11.9 Å². The van der Waals surface area contributed by atoms with Gasteiger partial charge in [0.25, 0.3) is 0 Å². The maximum atomic E-state index is 5.44. The molecule has 0 bridgehead atoms. The van der Waals surface area contributed by atoms with E-state index >= 15 is 0 Å². The highest BCUT2D eigenvalue weighted by Crippen LogP contribution is 2.21. The van der Waals surface area contributed by atoms with E-state index in [1.54, 1.807) is 12.4 Å². The van der Waals surface area contributed by atoms with Gasteiger partial charge in [0.1, 0.15) is 5.69 Å². The molecule has 0 unspecified atom stereocenters. The van der Waals surface area contributed by atoms with Gasteiger partial charge in [0.15, 0.2) is 5.01 Å². The minimum atomic E-state index is 0.442. The lowest BCUT2D eigenvalue weighted by molar-refractivity contribution is 1.07. The number of rotatable bonds is 1. The zero-order valence-electron chi connectivity index (χ0n) is 6.93. The maximum Gasteiger partial charge on any atom is 0.203 e.